The summed E-state index contributed by atoms with van der Waals surface area (Å²) in [5, 5.41) is 25.2. The number of anilines is 2. The van der Waals surface area contributed by atoms with Gasteiger partial charge in [-0.1, -0.05) is 24.3 Å². The van der Waals surface area contributed by atoms with Crippen molar-refractivity contribution in [1.82, 2.24) is 0 Å². The Labute approximate surface area is 191 Å². The summed E-state index contributed by atoms with van der Waals surface area (Å²) < 4.78 is 33.3. The first-order valence-electron chi connectivity index (χ1n) is 9.98. The Hall–Kier alpha value is -3.67. The Bertz CT molecular complexity index is 1310. The lowest BCUT2D eigenvalue weighted by molar-refractivity contribution is 0.288. The molecule has 0 unspecified atom stereocenters. The summed E-state index contributed by atoms with van der Waals surface area (Å²) in [6.45, 7) is 2.00. The van der Waals surface area contributed by atoms with E-state index in [2.05, 4.69) is 20.5 Å². The topological polar surface area (TPSA) is 176 Å². The van der Waals surface area contributed by atoms with Gasteiger partial charge in [-0.05, 0) is 61.2 Å². The van der Waals surface area contributed by atoms with E-state index in [-0.39, 0.29) is 29.4 Å². The van der Waals surface area contributed by atoms with E-state index in [9.17, 15) is 13.0 Å². The lowest BCUT2D eigenvalue weighted by Gasteiger charge is -2.10. The van der Waals surface area contributed by atoms with Gasteiger partial charge in [0.2, 0.25) is 0 Å². The van der Waals surface area contributed by atoms with Gasteiger partial charge in [0.15, 0.2) is 0 Å². The predicted molar refractivity (Wildman–Crippen MR) is 126 cm³/mol. The first-order chi connectivity index (χ1) is 15.7. The number of nitrogens with two attached hydrogens (primary N) is 2. The molecule has 0 atom stereocenters. The maximum atomic E-state index is 11.9. The maximum absolute atomic E-state index is 11.9. The number of hydrogen-bond acceptors (Lipinski definition) is 9. The highest BCUT2D eigenvalue weighted by molar-refractivity contribution is 7.86. The molecule has 3 rings (SSSR count). The van der Waals surface area contributed by atoms with Crippen molar-refractivity contribution in [3.8, 4) is 0 Å². The van der Waals surface area contributed by atoms with Crippen LogP contribution in [0.3, 0.4) is 0 Å². The largest absolute Gasteiger partial charge is 0.396 e. The number of benzene rings is 3. The van der Waals surface area contributed by atoms with Crippen LogP contribution >= 0.6 is 0 Å². The van der Waals surface area contributed by atoms with Gasteiger partial charge < -0.3 is 16.6 Å². The maximum Gasteiger partial charge on any atom is 0.296 e. The summed E-state index contributed by atoms with van der Waals surface area (Å²) >= 11 is 0. The van der Waals surface area contributed by atoms with E-state index in [1.807, 2.05) is 25.1 Å². The third-order valence-electron chi connectivity index (χ3n) is 4.70. The van der Waals surface area contributed by atoms with Crippen molar-refractivity contribution in [1.29, 1.82) is 0 Å². The van der Waals surface area contributed by atoms with Gasteiger partial charge in [0.25, 0.3) is 10.1 Å². The van der Waals surface area contributed by atoms with Crippen LogP contribution in [-0.4, -0.2) is 24.7 Å². The molecule has 0 aliphatic rings. The molecule has 0 spiro atoms. The molecule has 0 bridgehead atoms. The number of azo groups is 2. The van der Waals surface area contributed by atoms with E-state index in [0.717, 1.165) is 23.6 Å². The molecule has 172 valence electrons. The standard InChI is InChI=1S/C22H24N6O4S/c1-14-4-2-6-17(12-14)26-28-22-20(23)18(13-19(21(22)24)33(30,31)32)27-25-16-9-7-15(8-10-16)5-3-11-29/h2,4,6-10,12-13,29H,3,5,11,23-24H2,1H3,(H,30,31,32). The molecule has 0 saturated heterocycles. The number of nitrogens with zero attached hydrogens (tertiary/aromatic N) is 4. The lowest BCUT2D eigenvalue weighted by Crippen LogP contribution is -2.05. The average Bonchev–Trinajstić information content (AvgIpc) is 2.77. The van der Waals surface area contributed by atoms with E-state index >= 15 is 0 Å². The zero-order chi connectivity index (χ0) is 24.0. The molecule has 3 aromatic rings. The number of hydrogen-bond donors (Lipinski definition) is 4. The third kappa shape index (κ3) is 6.19. The van der Waals surface area contributed by atoms with Crippen molar-refractivity contribution in [2.75, 3.05) is 18.1 Å². The molecule has 33 heavy (non-hydrogen) atoms. The van der Waals surface area contributed by atoms with Crippen LogP contribution < -0.4 is 11.5 Å². The second-order valence-electron chi connectivity index (χ2n) is 7.28. The molecular formula is C22H24N6O4S. The second kappa shape index (κ2) is 10.3. The molecule has 0 aliphatic carbocycles. The van der Waals surface area contributed by atoms with Crippen LogP contribution in [0.4, 0.5) is 34.1 Å². The minimum Gasteiger partial charge on any atom is -0.396 e. The minimum atomic E-state index is -4.69. The van der Waals surface area contributed by atoms with E-state index < -0.39 is 15.0 Å². The van der Waals surface area contributed by atoms with Gasteiger partial charge in [-0.3, -0.25) is 4.55 Å². The Morgan fingerprint density at radius 3 is 2.21 bits per heavy atom. The third-order valence-corrected chi connectivity index (χ3v) is 5.59. The number of rotatable bonds is 8. The summed E-state index contributed by atoms with van der Waals surface area (Å²) in [6, 6.07) is 15.3. The van der Waals surface area contributed by atoms with Crippen molar-refractivity contribution >= 4 is 44.2 Å². The predicted octanol–water partition coefficient (Wildman–Crippen LogP) is 5.16. The molecule has 0 radical (unpaired) electrons. The van der Waals surface area contributed by atoms with Gasteiger partial charge in [-0.2, -0.15) is 18.6 Å². The Kier molecular flexibility index (Phi) is 7.48. The molecule has 3 aromatic carbocycles. The number of aliphatic hydroxyl groups is 1. The van der Waals surface area contributed by atoms with E-state index in [1.165, 1.54) is 0 Å². The Morgan fingerprint density at radius 1 is 0.879 bits per heavy atom. The van der Waals surface area contributed by atoms with Crippen molar-refractivity contribution in [2.24, 2.45) is 20.5 Å². The van der Waals surface area contributed by atoms with Gasteiger partial charge in [0.1, 0.15) is 16.3 Å². The highest BCUT2D eigenvalue weighted by Crippen LogP contribution is 2.43. The minimum absolute atomic E-state index is 0.0420. The molecule has 11 heteroatoms. The fourth-order valence-electron chi connectivity index (χ4n) is 2.99. The molecule has 0 amide bonds. The molecular weight excluding hydrogens is 444 g/mol. The molecule has 10 nitrogen and oxygen atoms in total. The van der Waals surface area contributed by atoms with Gasteiger partial charge in [0.05, 0.1) is 22.7 Å². The average molecular weight is 469 g/mol. The van der Waals surface area contributed by atoms with Gasteiger partial charge >= 0.3 is 0 Å². The number of aryl methyl sites for hydroxylation is 2. The van der Waals surface area contributed by atoms with Crippen molar-refractivity contribution in [3.05, 3.63) is 65.7 Å². The summed E-state index contributed by atoms with van der Waals surface area (Å²) in [4.78, 5) is -0.594. The van der Waals surface area contributed by atoms with Crippen LogP contribution in [-0.2, 0) is 16.5 Å². The second-order valence-corrected chi connectivity index (χ2v) is 8.67. The quantitative estimate of drug-likeness (QED) is 0.201. The van der Waals surface area contributed by atoms with Crippen LogP contribution in [0.15, 0.2) is 79.9 Å². The molecule has 0 aliphatic heterocycles. The van der Waals surface area contributed by atoms with Crippen LogP contribution in [0.2, 0.25) is 0 Å². The van der Waals surface area contributed by atoms with Gasteiger partial charge in [0, 0.05) is 6.61 Å². The van der Waals surface area contributed by atoms with E-state index in [1.54, 1.807) is 30.3 Å². The van der Waals surface area contributed by atoms with Crippen LogP contribution in [0.5, 0.6) is 0 Å². The monoisotopic (exact) mass is 468 g/mol. The van der Waals surface area contributed by atoms with Crippen LogP contribution in [0.1, 0.15) is 17.5 Å². The molecule has 0 aromatic heterocycles. The fourth-order valence-corrected chi connectivity index (χ4v) is 3.62. The van der Waals surface area contributed by atoms with Crippen molar-refractivity contribution in [2.45, 2.75) is 24.7 Å². The molecule has 0 saturated carbocycles. The summed E-state index contributed by atoms with van der Waals surface area (Å²) in [7, 11) is -4.69. The molecule has 0 heterocycles. The molecule has 6 N–H and O–H groups in total. The van der Waals surface area contributed by atoms with Gasteiger partial charge in [-0.25, -0.2) is 0 Å². The smallest absolute Gasteiger partial charge is 0.296 e. The lowest BCUT2D eigenvalue weighted by atomic mass is 10.1. The molecule has 0 fully saturated rings. The summed E-state index contributed by atoms with van der Waals surface area (Å²) in [5.41, 5.74) is 14.5. The number of nitrogen functional groups attached to an aromatic ring is 2. The Morgan fingerprint density at radius 2 is 1.58 bits per heavy atom. The SMILES string of the molecule is Cc1cccc(N=Nc2c(N)c(N=Nc3ccc(CCCO)cc3)cc(S(=O)(=O)O)c2N)c1. The zero-order valence-corrected chi connectivity index (χ0v) is 18.7. The van der Waals surface area contributed by atoms with E-state index in [0.29, 0.717) is 17.8 Å². The normalized spacial score (nSPS) is 12.1. The highest BCUT2D eigenvalue weighted by Gasteiger charge is 2.22. The summed E-state index contributed by atoms with van der Waals surface area (Å²) in [6.07, 6.45) is 1.38. The van der Waals surface area contributed by atoms with Crippen LogP contribution in [0.25, 0.3) is 0 Å². The Balaban J connectivity index is 2.01. The summed E-state index contributed by atoms with van der Waals surface area (Å²) in [5.74, 6) is 0. The van der Waals surface area contributed by atoms with Crippen molar-refractivity contribution < 1.29 is 18.1 Å². The first-order valence-corrected chi connectivity index (χ1v) is 11.4. The van der Waals surface area contributed by atoms with Crippen LogP contribution in [0, 0.1) is 6.92 Å². The highest BCUT2D eigenvalue weighted by atomic mass is 32.2. The van der Waals surface area contributed by atoms with E-state index in [4.69, 9.17) is 16.6 Å². The first kappa shape index (κ1) is 24.0. The van der Waals surface area contributed by atoms with Gasteiger partial charge in [-0.15, -0.1) is 10.2 Å². The fraction of sp³-hybridized carbons (Fsp3) is 0.182. The zero-order valence-electron chi connectivity index (χ0n) is 17.9. The van der Waals surface area contributed by atoms with Crippen molar-refractivity contribution in [3.63, 3.8) is 0 Å². The number of aliphatic hydroxyl groups excluding tert-OH is 1.